The van der Waals surface area contributed by atoms with Crippen molar-refractivity contribution in [2.24, 2.45) is 0 Å². The van der Waals surface area contributed by atoms with Crippen molar-refractivity contribution in [3.05, 3.63) is 23.8 Å². The van der Waals surface area contributed by atoms with Crippen LogP contribution in [0.5, 0.6) is 5.75 Å². The summed E-state index contributed by atoms with van der Waals surface area (Å²) in [4.78, 5) is 23.2. The zero-order valence-corrected chi connectivity index (χ0v) is 16.9. The third kappa shape index (κ3) is 5.67. The number of rotatable bonds is 4. The van der Waals surface area contributed by atoms with Gasteiger partial charge in [-0.3, -0.25) is 10.1 Å². The van der Waals surface area contributed by atoms with E-state index in [2.05, 4.69) is 39.2 Å². The molecule has 0 saturated heterocycles. The number of nitrogens with one attached hydrogen (secondary N) is 1. The summed E-state index contributed by atoms with van der Waals surface area (Å²) in [7, 11) is -2.01. The molecular weight excluding hydrogens is 322 g/mol. The number of ether oxygens (including phenoxy) is 1. The van der Waals surface area contributed by atoms with Crippen LogP contribution < -0.4 is 9.74 Å². The molecule has 0 heterocycles. The van der Waals surface area contributed by atoms with Gasteiger partial charge in [-0.2, -0.15) is 0 Å². The summed E-state index contributed by atoms with van der Waals surface area (Å²) in [5.74, 6) is 0.637. The molecule has 6 heteroatoms. The molecule has 134 valence electrons. The minimum absolute atomic E-state index is 0.0507. The predicted molar refractivity (Wildman–Crippen MR) is 99.5 cm³/mol. The van der Waals surface area contributed by atoms with E-state index in [1.165, 1.54) is 0 Å². The van der Waals surface area contributed by atoms with Gasteiger partial charge in [-0.1, -0.05) is 20.8 Å². The molecule has 0 saturated carbocycles. The van der Waals surface area contributed by atoms with Crippen LogP contribution in [0.15, 0.2) is 18.2 Å². The Labute approximate surface area is 145 Å². The highest BCUT2D eigenvalue weighted by molar-refractivity contribution is 6.74. The lowest BCUT2D eigenvalue weighted by molar-refractivity contribution is 0.0636. The van der Waals surface area contributed by atoms with Gasteiger partial charge in [-0.05, 0) is 51.0 Å². The van der Waals surface area contributed by atoms with E-state index in [0.717, 1.165) is 0 Å². The molecule has 1 aromatic rings. The van der Waals surface area contributed by atoms with Crippen LogP contribution in [0.4, 0.5) is 10.5 Å². The maximum absolute atomic E-state index is 12.0. The standard InChI is InChI=1S/C18H29NO4Si/c1-17(2,3)22-16(21)19-15-11-14(10-9-13(15)12-20)23-24(7,8)18(4,5)6/h9-12H,1-8H3,(H,19,21). The lowest BCUT2D eigenvalue weighted by Crippen LogP contribution is -2.43. The molecule has 0 unspecified atom stereocenters. The molecule has 0 spiro atoms. The van der Waals surface area contributed by atoms with E-state index in [1.807, 2.05) is 0 Å². The van der Waals surface area contributed by atoms with Crippen LogP contribution in [-0.4, -0.2) is 26.3 Å². The van der Waals surface area contributed by atoms with Crippen LogP contribution in [-0.2, 0) is 4.74 Å². The minimum atomic E-state index is -2.01. The minimum Gasteiger partial charge on any atom is -0.543 e. The molecule has 1 amide bonds. The van der Waals surface area contributed by atoms with E-state index in [0.29, 0.717) is 23.3 Å². The molecule has 0 aliphatic rings. The van der Waals surface area contributed by atoms with Crippen molar-refractivity contribution >= 4 is 26.4 Å². The van der Waals surface area contributed by atoms with E-state index in [1.54, 1.807) is 39.0 Å². The number of carbonyl (C=O) groups is 2. The molecule has 0 bridgehead atoms. The van der Waals surface area contributed by atoms with Gasteiger partial charge in [-0.15, -0.1) is 0 Å². The van der Waals surface area contributed by atoms with Crippen LogP contribution in [0.3, 0.4) is 0 Å². The molecule has 0 aliphatic heterocycles. The summed E-state index contributed by atoms with van der Waals surface area (Å²) in [6.07, 6.45) is 0.0955. The average molecular weight is 352 g/mol. The Morgan fingerprint density at radius 2 is 1.71 bits per heavy atom. The number of aldehydes is 1. The summed E-state index contributed by atoms with van der Waals surface area (Å²) in [5.41, 5.74) is 0.152. The SMILES string of the molecule is CC(C)(C)OC(=O)Nc1cc(O[Si](C)(C)C(C)(C)C)ccc1C=O. The van der Waals surface area contributed by atoms with Crippen molar-refractivity contribution in [1.82, 2.24) is 0 Å². The maximum Gasteiger partial charge on any atom is 0.412 e. The first kappa shape index (κ1) is 20.2. The lowest BCUT2D eigenvalue weighted by Gasteiger charge is -2.36. The molecule has 1 rings (SSSR count). The van der Waals surface area contributed by atoms with Crippen molar-refractivity contribution in [2.75, 3.05) is 5.32 Å². The van der Waals surface area contributed by atoms with Gasteiger partial charge in [-0.25, -0.2) is 4.79 Å². The fourth-order valence-electron chi connectivity index (χ4n) is 1.67. The molecule has 24 heavy (non-hydrogen) atoms. The van der Waals surface area contributed by atoms with Crippen molar-refractivity contribution in [3.63, 3.8) is 0 Å². The van der Waals surface area contributed by atoms with E-state index >= 15 is 0 Å². The van der Waals surface area contributed by atoms with Gasteiger partial charge >= 0.3 is 6.09 Å². The van der Waals surface area contributed by atoms with Crippen LogP contribution in [0.1, 0.15) is 51.9 Å². The number of amides is 1. The Morgan fingerprint density at radius 1 is 1.12 bits per heavy atom. The molecule has 0 aliphatic carbocycles. The third-order valence-electron chi connectivity index (χ3n) is 3.97. The van der Waals surface area contributed by atoms with Gasteiger partial charge in [0, 0.05) is 11.6 Å². The van der Waals surface area contributed by atoms with Crippen LogP contribution in [0.2, 0.25) is 18.1 Å². The summed E-state index contributed by atoms with van der Waals surface area (Å²) < 4.78 is 11.5. The number of anilines is 1. The van der Waals surface area contributed by atoms with E-state index in [4.69, 9.17) is 9.16 Å². The average Bonchev–Trinajstić information content (AvgIpc) is 2.34. The quantitative estimate of drug-likeness (QED) is 0.596. The molecular formula is C18H29NO4Si. The van der Waals surface area contributed by atoms with Crippen LogP contribution >= 0.6 is 0 Å². The molecule has 0 fully saturated rings. The third-order valence-corrected chi connectivity index (χ3v) is 8.32. The fraction of sp³-hybridized carbons (Fsp3) is 0.556. The lowest BCUT2D eigenvalue weighted by atomic mass is 10.2. The Balaban J connectivity index is 3.05. The molecule has 5 nitrogen and oxygen atoms in total. The highest BCUT2D eigenvalue weighted by Crippen LogP contribution is 2.38. The summed E-state index contributed by atoms with van der Waals surface area (Å²) in [6, 6.07) is 5.07. The monoisotopic (exact) mass is 351 g/mol. The number of hydrogen-bond donors (Lipinski definition) is 1. The summed E-state index contributed by atoms with van der Waals surface area (Å²) >= 11 is 0. The summed E-state index contributed by atoms with van der Waals surface area (Å²) in [5, 5.41) is 2.68. The zero-order chi connectivity index (χ0) is 18.8. The molecule has 0 radical (unpaired) electrons. The fourth-order valence-corrected chi connectivity index (χ4v) is 2.69. The molecule has 0 atom stereocenters. The molecule has 1 aromatic carbocycles. The first-order valence-electron chi connectivity index (χ1n) is 8.03. The van der Waals surface area contributed by atoms with Gasteiger partial charge in [0.05, 0.1) is 5.69 Å². The zero-order valence-electron chi connectivity index (χ0n) is 15.9. The van der Waals surface area contributed by atoms with Gasteiger partial charge < -0.3 is 9.16 Å². The van der Waals surface area contributed by atoms with Crippen LogP contribution in [0, 0.1) is 0 Å². The van der Waals surface area contributed by atoms with Crippen molar-refractivity contribution in [3.8, 4) is 5.75 Å². The van der Waals surface area contributed by atoms with E-state index in [9.17, 15) is 9.59 Å². The first-order valence-corrected chi connectivity index (χ1v) is 10.9. The second kappa shape index (κ2) is 6.97. The second-order valence-corrected chi connectivity index (χ2v) is 13.1. The van der Waals surface area contributed by atoms with Crippen LogP contribution in [0.25, 0.3) is 0 Å². The first-order chi connectivity index (χ1) is 10.7. The summed E-state index contributed by atoms with van der Waals surface area (Å²) in [6.45, 7) is 16.1. The normalized spacial score (nSPS) is 12.5. The van der Waals surface area contributed by atoms with Gasteiger partial charge in [0.15, 0.2) is 6.29 Å². The van der Waals surface area contributed by atoms with Crippen molar-refractivity contribution < 1.29 is 18.8 Å². The molecule has 0 aromatic heterocycles. The van der Waals surface area contributed by atoms with E-state index < -0.39 is 20.0 Å². The Kier molecular flexibility index (Phi) is 5.87. The Bertz CT molecular complexity index is 612. The number of hydrogen-bond acceptors (Lipinski definition) is 4. The number of benzene rings is 1. The van der Waals surface area contributed by atoms with Gasteiger partial charge in [0.25, 0.3) is 0 Å². The highest BCUT2D eigenvalue weighted by atomic mass is 28.4. The predicted octanol–water partition coefficient (Wildman–Crippen LogP) is 5.23. The van der Waals surface area contributed by atoms with Gasteiger partial charge in [0.1, 0.15) is 11.4 Å². The topological polar surface area (TPSA) is 64.6 Å². The smallest absolute Gasteiger partial charge is 0.412 e. The maximum atomic E-state index is 12.0. The highest BCUT2D eigenvalue weighted by Gasteiger charge is 2.39. The number of carbonyl (C=O) groups excluding carboxylic acids is 2. The molecule has 1 N–H and O–H groups in total. The second-order valence-electron chi connectivity index (χ2n) is 8.36. The van der Waals surface area contributed by atoms with Gasteiger partial charge in [0.2, 0.25) is 8.32 Å². The van der Waals surface area contributed by atoms with E-state index in [-0.39, 0.29) is 5.04 Å². The van der Waals surface area contributed by atoms with Crippen molar-refractivity contribution in [1.29, 1.82) is 0 Å². The van der Waals surface area contributed by atoms with Crippen molar-refractivity contribution in [2.45, 2.75) is 65.3 Å². The largest absolute Gasteiger partial charge is 0.543 e. The Morgan fingerprint density at radius 3 is 2.17 bits per heavy atom. The Hall–Kier alpha value is -1.82.